The van der Waals surface area contributed by atoms with E-state index in [1.54, 1.807) is 10.9 Å². The van der Waals surface area contributed by atoms with Crippen molar-refractivity contribution in [2.75, 3.05) is 25.1 Å². The predicted molar refractivity (Wildman–Crippen MR) is 79.5 cm³/mol. The number of anilines is 1. The number of urea groups is 1. The average Bonchev–Trinajstić information content (AvgIpc) is 2.98. The number of ether oxygens (including phenoxy) is 1. The molecule has 0 aliphatic carbocycles. The molecule has 1 fully saturated rings. The second-order valence-corrected chi connectivity index (χ2v) is 5.61. The lowest BCUT2D eigenvalue weighted by Crippen LogP contribution is -2.49. The Kier molecular flexibility index (Phi) is 3.62. The highest BCUT2D eigenvalue weighted by atomic mass is 16.5. The zero-order chi connectivity index (χ0) is 14.7. The van der Waals surface area contributed by atoms with Gasteiger partial charge in [-0.05, 0) is 30.3 Å². The van der Waals surface area contributed by atoms with Gasteiger partial charge in [0.1, 0.15) is 0 Å². The molecule has 1 aromatic carbocycles. The minimum absolute atomic E-state index is 0.0707. The molecule has 3 rings (SSSR count). The first-order valence-electron chi connectivity index (χ1n) is 6.87. The van der Waals surface area contributed by atoms with Crippen molar-refractivity contribution in [2.45, 2.75) is 6.92 Å². The summed E-state index contributed by atoms with van der Waals surface area (Å²) in [5.41, 5.74) is 1.77. The molecule has 0 atom stereocenters. The Bertz CT molecular complexity index is 603. The van der Waals surface area contributed by atoms with Gasteiger partial charge in [-0.25, -0.2) is 9.48 Å². The summed E-state index contributed by atoms with van der Waals surface area (Å²) in [5.74, 6) is 0. The van der Waals surface area contributed by atoms with Crippen LogP contribution in [-0.4, -0.2) is 35.6 Å². The molecule has 6 heteroatoms. The second kappa shape index (κ2) is 5.57. The van der Waals surface area contributed by atoms with Gasteiger partial charge in [0.25, 0.3) is 0 Å². The summed E-state index contributed by atoms with van der Waals surface area (Å²) in [4.78, 5) is 11.8. The lowest BCUT2D eigenvalue weighted by Gasteiger charge is -2.37. The van der Waals surface area contributed by atoms with Gasteiger partial charge in [-0.1, -0.05) is 6.92 Å². The van der Waals surface area contributed by atoms with Gasteiger partial charge in [-0.2, -0.15) is 5.10 Å². The number of benzene rings is 1. The third-order valence-electron chi connectivity index (χ3n) is 3.47. The Morgan fingerprint density at radius 1 is 1.38 bits per heavy atom. The standard InChI is InChI=1S/C15H18N4O2/c1-15(10-21-11-15)9-16-14(20)18-12-3-5-13(6-4-12)19-8-2-7-17-19/h2-8H,9-11H2,1H3,(H2,16,18,20). The molecule has 0 bridgehead atoms. The smallest absolute Gasteiger partial charge is 0.319 e. The minimum Gasteiger partial charge on any atom is -0.380 e. The normalized spacial score (nSPS) is 16.0. The van der Waals surface area contributed by atoms with Crippen LogP contribution in [-0.2, 0) is 4.74 Å². The number of hydrogen-bond acceptors (Lipinski definition) is 3. The Morgan fingerprint density at radius 2 is 2.14 bits per heavy atom. The van der Waals surface area contributed by atoms with E-state index in [0.29, 0.717) is 19.8 Å². The minimum atomic E-state index is -0.199. The molecule has 0 radical (unpaired) electrons. The lowest BCUT2D eigenvalue weighted by molar-refractivity contribution is -0.0974. The number of carbonyl (C=O) groups is 1. The molecule has 1 aromatic heterocycles. The van der Waals surface area contributed by atoms with Crippen LogP contribution in [0.5, 0.6) is 0 Å². The Hall–Kier alpha value is -2.34. The van der Waals surface area contributed by atoms with E-state index in [1.807, 2.05) is 36.5 Å². The summed E-state index contributed by atoms with van der Waals surface area (Å²) in [7, 11) is 0. The van der Waals surface area contributed by atoms with Crippen molar-refractivity contribution in [3.63, 3.8) is 0 Å². The number of rotatable bonds is 4. The molecule has 2 aromatic rings. The fourth-order valence-corrected chi connectivity index (χ4v) is 2.14. The van der Waals surface area contributed by atoms with E-state index in [1.165, 1.54) is 0 Å². The van der Waals surface area contributed by atoms with Crippen LogP contribution in [0.4, 0.5) is 10.5 Å². The molecular formula is C15H18N4O2. The highest BCUT2D eigenvalue weighted by Gasteiger charge is 2.33. The van der Waals surface area contributed by atoms with Crippen LogP contribution >= 0.6 is 0 Å². The van der Waals surface area contributed by atoms with E-state index < -0.39 is 0 Å². The molecule has 1 aliphatic heterocycles. The highest BCUT2D eigenvalue weighted by Crippen LogP contribution is 2.25. The Morgan fingerprint density at radius 3 is 2.71 bits per heavy atom. The van der Waals surface area contributed by atoms with Crippen molar-refractivity contribution >= 4 is 11.7 Å². The summed E-state index contributed by atoms with van der Waals surface area (Å²) in [5, 5.41) is 9.84. The van der Waals surface area contributed by atoms with Crippen molar-refractivity contribution in [3.8, 4) is 5.69 Å². The number of nitrogens with zero attached hydrogens (tertiary/aromatic N) is 2. The van der Waals surface area contributed by atoms with Crippen molar-refractivity contribution in [3.05, 3.63) is 42.7 Å². The van der Waals surface area contributed by atoms with Crippen LogP contribution in [0, 0.1) is 5.41 Å². The van der Waals surface area contributed by atoms with E-state index in [9.17, 15) is 4.79 Å². The van der Waals surface area contributed by atoms with Gasteiger partial charge < -0.3 is 15.4 Å². The number of carbonyl (C=O) groups excluding carboxylic acids is 1. The molecule has 1 saturated heterocycles. The van der Waals surface area contributed by atoms with Gasteiger partial charge >= 0.3 is 6.03 Å². The maximum Gasteiger partial charge on any atom is 0.319 e. The van der Waals surface area contributed by atoms with E-state index in [0.717, 1.165) is 11.4 Å². The van der Waals surface area contributed by atoms with Gasteiger partial charge in [0, 0.05) is 30.0 Å². The molecule has 6 nitrogen and oxygen atoms in total. The van der Waals surface area contributed by atoms with Gasteiger partial charge in [0.05, 0.1) is 18.9 Å². The van der Waals surface area contributed by atoms with Crippen molar-refractivity contribution in [1.29, 1.82) is 0 Å². The highest BCUT2D eigenvalue weighted by molar-refractivity contribution is 5.89. The van der Waals surface area contributed by atoms with E-state index in [-0.39, 0.29) is 11.4 Å². The van der Waals surface area contributed by atoms with Crippen LogP contribution in [0.1, 0.15) is 6.92 Å². The maximum absolute atomic E-state index is 11.8. The molecular weight excluding hydrogens is 268 g/mol. The summed E-state index contributed by atoms with van der Waals surface area (Å²) in [6, 6.07) is 9.18. The monoisotopic (exact) mass is 286 g/mol. The first-order chi connectivity index (χ1) is 10.1. The topological polar surface area (TPSA) is 68.2 Å². The van der Waals surface area contributed by atoms with Crippen LogP contribution in [0.25, 0.3) is 5.69 Å². The largest absolute Gasteiger partial charge is 0.380 e. The lowest BCUT2D eigenvalue weighted by atomic mass is 9.89. The van der Waals surface area contributed by atoms with Gasteiger partial charge in [0.15, 0.2) is 0 Å². The molecule has 1 aliphatic rings. The Labute approximate surface area is 123 Å². The van der Waals surface area contributed by atoms with E-state index in [4.69, 9.17) is 4.74 Å². The number of aromatic nitrogens is 2. The van der Waals surface area contributed by atoms with Crippen LogP contribution < -0.4 is 10.6 Å². The summed E-state index contributed by atoms with van der Waals surface area (Å²) < 4.78 is 6.92. The molecule has 2 N–H and O–H groups in total. The third-order valence-corrected chi connectivity index (χ3v) is 3.47. The average molecular weight is 286 g/mol. The molecule has 2 heterocycles. The summed E-state index contributed by atoms with van der Waals surface area (Å²) in [6.07, 6.45) is 3.60. The fraction of sp³-hybridized carbons (Fsp3) is 0.333. The van der Waals surface area contributed by atoms with Crippen molar-refractivity contribution < 1.29 is 9.53 Å². The Balaban J connectivity index is 1.54. The second-order valence-electron chi connectivity index (χ2n) is 5.61. The molecule has 2 amide bonds. The summed E-state index contributed by atoms with van der Waals surface area (Å²) >= 11 is 0. The first-order valence-corrected chi connectivity index (χ1v) is 6.87. The first kappa shape index (κ1) is 13.6. The fourth-order valence-electron chi connectivity index (χ4n) is 2.14. The molecule has 110 valence electrons. The number of amides is 2. The number of hydrogen-bond donors (Lipinski definition) is 2. The number of nitrogens with one attached hydrogen (secondary N) is 2. The van der Waals surface area contributed by atoms with Crippen LogP contribution in [0.15, 0.2) is 42.7 Å². The predicted octanol–water partition coefficient (Wildman–Crippen LogP) is 2.03. The van der Waals surface area contributed by atoms with Gasteiger partial charge in [-0.3, -0.25) is 0 Å². The van der Waals surface area contributed by atoms with Gasteiger partial charge in [-0.15, -0.1) is 0 Å². The van der Waals surface area contributed by atoms with E-state index >= 15 is 0 Å². The quantitative estimate of drug-likeness (QED) is 0.903. The van der Waals surface area contributed by atoms with Crippen molar-refractivity contribution in [1.82, 2.24) is 15.1 Å². The van der Waals surface area contributed by atoms with Crippen LogP contribution in [0.3, 0.4) is 0 Å². The zero-order valence-electron chi connectivity index (χ0n) is 11.9. The molecule has 21 heavy (non-hydrogen) atoms. The van der Waals surface area contributed by atoms with Gasteiger partial charge in [0.2, 0.25) is 0 Å². The molecule has 0 saturated carbocycles. The third kappa shape index (κ3) is 3.22. The SMILES string of the molecule is CC1(CNC(=O)Nc2ccc(-n3cccn3)cc2)COC1. The van der Waals surface area contributed by atoms with Crippen molar-refractivity contribution in [2.24, 2.45) is 5.41 Å². The summed E-state index contributed by atoms with van der Waals surface area (Å²) in [6.45, 7) is 4.11. The molecule has 0 spiro atoms. The van der Waals surface area contributed by atoms with E-state index in [2.05, 4.69) is 22.7 Å². The van der Waals surface area contributed by atoms with Crippen LogP contribution in [0.2, 0.25) is 0 Å². The molecule has 0 unspecified atom stereocenters. The zero-order valence-corrected chi connectivity index (χ0v) is 11.9. The maximum atomic E-state index is 11.8.